The minimum absolute atomic E-state index is 0.399. The maximum Gasteiger partial charge on any atom is 0.351 e. The van der Waals surface area contributed by atoms with Crippen molar-refractivity contribution in [3.63, 3.8) is 0 Å². The van der Waals surface area contributed by atoms with E-state index in [9.17, 15) is 14.2 Å². The first-order valence-corrected chi connectivity index (χ1v) is 7.28. The second kappa shape index (κ2) is 5.40. The molecule has 1 aromatic heterocycles. The first-order chi connectivity index (χ1) is 8.85. The summed E-state index contributed by atoms with van der Waals surface area (Å²) in [6.07, 6.45) is 0.0124. The molecule has 0 spiro atoms. The molecule has 2 heterocycles. The topological polar surface area (TPSA) is 131 Å². The Labute approximate surface area is 107 Å². The highest BCUT2D eigenvalue weighted by atomic mass is 31.2. The summed E-state index contributed by atoms with van der Waals surface area (Å²) >= 11 is 0. The SMILES string of the molecule is O=c1ccn([C@H]2CC[C@@H](OCP(=O)(O)O)O2)c(=O)[nH]1. The fourth-order valence-electron chi connectivity index (χ4n) is 1.75. The van der Waals surface area contributed by atoms with Gasteiger partial charge in [-0.05, 0) is 6.42 Å². The highest BCUT2D eigenvalue weighted by molar-refractivity contribution is 7.51. The van der Waals surface area contributed by atoms with Crippen molar-refractivity contribution in [3.8, 4) is 0 Å². The van der Waals surface area contributed by atoms with Crippen LogP contribution >= 0.6 is 7.60 Å². The highest BCUT2D eigenvalue weighted by Crippen LogP contribution is 2.36. The largest absolute Gasteiger partial charge is 0.351 e. The molecule has 1 saturated heterocycles. The predicted molar refractivity (Wildman–Crippen MR) is 62.5 cm³/mol. The van der Waals surface area contributed by atoms with Crippen molar-refractivity contribution in [1.29, 1.82) is 0 Å². The second-order valence-electron chi connectivity index (χ2n) is 4.08. The lowest BCUT2D eigenvalue weighted by Gasteiger charge is -2.16. The molecule has 10 heteroatoms. The Balaban J connectivity index is 2.00. The number of hydrogen-bond acceptors (Lipinski definition) is 5. The Hall–Kier alpha value is -1.25. The molecule has 0 bridgehead atoms. The van der Waals surface area contributed by atoms with Crippen LogP contribution < -0.4 is 11.2 Å². The van der Waals surface area contributed by atoms with Gasteiger partial charge in [0.1, 0.15) is 6.23 Å². The van der Waals surface area contributed by atoms with Crippen molar-refractivity contribution < 1.29 is 23.8 Å². The van der Waals surface area contributed by atoms with Crippen molar-refractivity contribution in [1.82, 2.24) is 9.55 Å². The van der Waals surface area contributed by atoms with Gasteiger partial charge in [0.25, 0.3) is 5.56 Å². The van der Waals surface area contributed by atoms with E-state index in [2.05, 4.69) is 4.98 Å². The van der Waals surface area contributed by atoms with E-state index >= 15 is 0 Å². The van der Waals surface area contributed by atoms with E-state index in [0.29, 0.717) is 12.8 Å². The zero-order valence-corrected chi connectivity index (χ0v) is 10.7. The second-order valence-corrected chi connectivity index (χ2v) is 5.66. The van der Waals surface area contributed by atoms with E-state index in [1.807, 2.05) is 0 Å². The number of nitrogens with zero attached hydrogens (tertiary/aromatic N) is 1. The fourth-order valence-corrected chi connectivity index (χ4v) is 2.11. The van der Waals surface area contributed by atoms with Gasteiger partial charge in [0, 0.05) is 18.7 Å². The van der Waals surface area contributed by atoms with Crippen LogP contribution in [-0.2, 0) is 14.0 Å². The van der Waals surface area contributed by atoms with Gasteiger partial charge in [0.05, 0.1) is 0 Å². The van der Waals surface area contributed by atoms with Crippen LogP contribution in [0.15, 0.2) is 21.9 Å². The smallest absolute Gasteiger partial charge is 0.340 e. The molecule has 0 unspecified atom stereocenters. The van der Waals surface area contributed by atoms with Crippen LogP contribution in [0.4, 0.5) is 0 Å². The number of aromatic amines is 1. The van der Waals surface area contributed by atoms with E-state index in [4.69, 9.17) is 19.3 Å². The molecule has 9 nitrogen and oxygen atoms in total. The third-order valence-electron chi connectivity index (χ3n) is 2.55. The van der Waals surface area contributed by atoms with Crippen molar-refractivity contribution in [2.75, 3.05) is 6.35 Å². The molecule has 2 atom stereocenters. The fraction of sp³-hybridized carbons (Fsp3) is 0.556. The lowest BCUT2D eigenvalue weighted by atomic mass is 10.3. The molecule has 1 aliphatic rings. The summed E-state index contributed by atoms with van der Waals surface area (Å²) in [6.45, 7) is 0. The first-order valence-electron chi connectivity index (χ1n) is 5.48. The lowest BCUT2D eigenvalue weighted by molar-refractivity contribution is -0.142. The molecule has 1 aromatic rings. The van der Waals surface area contributed by atoms with E-state index < -0.39 is 37.7 Å². The summed E-state index contributed by atoms with van der Waals surface area (Å²) in [5.41, 5.74) is -1.11. The van der Waals surface area contributed by atoms with Crippen LogP contribution in [0.3, 0.4) is 0 Å². The summed E-state index contributed by atoms with van der Waals surface area (Å²) < 4.78 is 22.1. The molecule has 1 fully saturated rings. The molecular weight excluding hydrogens is 279 g/mol. The van der Waals surface area contributed by atoms with Crippen molar-refractivity contribution in [2.24, 2.45) is 0 Å². The Bertz CT molecular complexity index is 603. The number of nitrogens with one attached hydrogen (secondary N) is 1. The number of aromatic nitrogens is 2. The van der Waals surface area contributed by atoms with Gasteiger partial charge in [0.2, 0.25) is 0 Å². The molecule has 0 aliphatic carbocycles. The average molecular weight is 292 g/mol. The van der Waals surface area contributed by atoms with Crippen molar-refractivity contribution >= 4 is 7.60 Å². The Morgan fingerprint density at radius 2 is 2.21 bits per heavy atom. The lowest BCUT2D eigenvalue weighted by Crippen LogP contribution is -2.31. The quantitative estimate of drug-likeness (QED) is 0.627. The minimum atomic E-state index is -4.24. The van der Waals surface area contributed by atoms with Crippen LogP contribution in [0.25, 0.3) is 0 Å². The molecule has 19 heavy (non-hydrogen) atoms. The number of rotatable bonds is 4. The van der Waals surface area contributed by atoms with Crippen LogP contribution in [-0.4, -0.2) is 32.0 Å². The normalized spacial score (nSPS) is 23.7. The molecule has 0 amide bonds. The van der Waals surface area contributed by atoms with Crippen LogP contribution in [0.1, 0.15) is 19.1 Å². The Kier molecular flexibility index (Phi) is 4.02. The van der Waals surface area contributed by atoms with Crippen LogP contribution in [0.5, 0.6) is 0 Å². The van der Waals surface area contributed by atoms with Gasteiger partial charge in [-0.1, -0.05) is 0 Å². The van der Waals surface area contributed by atoms with E-state index in [0.717, 1.165) is 0 Å². The number of H-pyrrole nitrogens is 1. The maximum atomic E-state index is 11.5. The van der Waals surface area contributed by atoms with E-state index in [1.54, 1.807) is 0 Å². The molecule has 3 N–H and O–H groups in total. The number of hydrogen-bond donors (Lipinski definition) is 3. The minimum Gasteiger partial charge on any atom is -0.340 e. The van der Waals surface area contributed by atoms with Crippen LogP contribution in [0, 0.1) is 0 Å². The van der Waals surface area contributed by atoms with Crippen molar-refractivity contribution in [2.45, 2.75) is 25.4 Å². The molecular formula is C9H13N2O7P. The van der Waals surface area contributed by atoms with Gasteiger partial charge in [-0.3, -0.25) is 18.9 Å². The van der Waals surface area contributed by atoms with Gasteiger partial charge in [-0.25, -0.2) is 4.79 Å². The summed E-state index contributed by atoms with van der Waals surface area (Å²) in [4.78, 5) is 41.9. The monoisotopic (exact) mass is 292 g/mol. The van der Waals surface area contributed by atoms with E-state index in [1.165, 1.54) is 16.8 Å². The predicted octanol–water partition coefficient (Wildman–Crippen LogP) is -0.677. The van der Waals surface area contributed by atoms with Crippen molar-refractivity contribution in [3.05, 3.63) is 33.1 Å². The molecule has 1 aliphatic heterocycles. The van der Waals surface area contributed by atoms with Crippen LogP contribution in [0.2, 0.25) is 0 Å². The standard InChI is InChI=1S/C9H13N2O7P/c12-6-3-4-11(9(13)10-6)7-1-2-8(18-7)17-5-19(14,15)16/h3-4,7-8H,1-2,5H2,(H,10,12,13)(H2,14,15,16)/t7-,8+/m1/s1. The summed E-state index contributed by atoms with van der Waals surface area (Å²) in [7, 11) is -4.24. The maximum absolute atomic E-state index is 11.5. The Morgan fingerprint density at radius 3 is 2.84 bits per heavy atom. The average Bonchev–Trinajstić information content (AvgIpc) is 2.74. The zero-order chi connectivity index (χ0) is 14.0. The molecule has 0 radical (unpaired) electrons. The van der Waals surface area contributed by atoms with Gasteiger partial charge >= 0.3 is 13.3 Å². The first kappa shape index (κ1) is 14.2. The molecule has 0 aromatic carbocycles. The van der Waals surface area contributed by atoms with Gasteiger partial charge in [-0.15, -0.1) is 0 Å². The molecule has 2 rings (SSSR count). The Morgan fingerprint density at radius 1 is 1.47 bits per heavy atom. The third-order valence-corrected chi connectivity index (χ3v) is 3.03. The highest BCUT2D eigenvalue weighted by Gasteiger charge is 2.29. The third kappa shape index (κ3) is 3.85. The van der Waals surface area contributed by atoms with Gasteiger partial charge in [-0.2, -0.15) is 0 Å². The summed E-state index contributed by atoms with van der Waals surface area (Å²) in [5, 5.41) is 0. The number of ether oxygens (including phenoxy) is 2. The molecule has 0 saturated carbocycles. The van der Waals surface area contributed by atoms with Gasteiger partial charge < -0.3 is 19.3 Å². The summed E-state index contributed by atoms with van der Waals surface area (Å²) in [6, 6.07) is 1.19. The zero-order valence-electron chi connectivity index (χ0n) is 9.76. The van der Waals surface area contributed by atoms with Gasteiger partial charge in [0.15, 0.2) is 12.6 Å². The molecule has 106 valence electrons. The summed E-state index contributed by atoms with van der Waals surface area (Å²) in [5.74, 6) is 0. The van der Waals surface area contributed by atoms with E-state index in [-0.39, 0.29) is 0 Å².